The third-order valence-electron chi connectivity index (χ3n) is 4.57. The van der Waals surface area contributed by atoms with Crippen LogP contribution in [0.4, 0.5) is 0 Å². The van der Waals surface area contributed by atoms with Gasteiger partial charge in [-0.25, -0.2) is 0 Å². The van der Waals surface area contributed by atoms with Gasteiger partial charge >= 0.3 is 0 Å². The van der Waals surface area contributed by atoms with E-state index in [0.29, 0.717) is 35.0 Å². The smallest absolute Gasteiger partial charge is 0.223 e. The number of benzene rings is 1. The molecule has 1 saturated heterocycles. The van der Waals surface area contributed by atoms with Gasteiger partial charge in [0.15, 0.2) is 0 Å². The summed E-state index contributed by atoms with van der Waals surface area (Å²) < 4.78 is 0. The molecule has 128 valence electrons. The Morgan fingerprint density at radius 2 is 2.00 bits per heavy atom. The largest absolute Gasteiger partial charge is 0.335 e. The Balaban J connectivity index is 0.00000192. The fourth-order valence-corrected chi connectivity index (χ4v) is 3.39. The molecule has 6 heteroatoms. The van der Waals surface area contributed by atoms with Crippen molar-refractivity contribution in [1.82, 2.24) is 10.2 Å². The van der Waals surface area contributed by atoms with Crippen molar-refractivity contribution in [3.8, 4) is 0 Å². The van der Waals surface area contributed by atoms with Gasteiger partial charge in [-0.3, -0.25) is 4.79 Å². The first-order chi connectivity index (χ1) is 10.6. The molecule has 1 saturated carbocycles. The minimum atomic E-state index is 0. The average Bonchev–Trinajstić information content (AvgIpc) is 3.21. The van der Waals surface area contributed by atoms with E-state index in [1.807, 2.05) is 17.0 Å². The molecule has 23 heavy (non-hydrogen) atoms. The van der Waals surface area contributed by atoms with Gasteiger partial charge in [-0.2, -0.15) is 0 Å². The number of hydrogen-bond acceptors (Lipinski definition) is 2. The molecule has 3 rings (SSSR count). The van der Waals surface area contributed by atoms with Crippen molar-refractivity contribution in [2.45, 2.75) is 44.7 Å². The van der Waals surface area contributed by atoms with Gasteiger partial charge in [0.1, 0.15) is 0 Å². The van der Waals surface area contributed by atoms with Crippen LogP contribution in [0.1, 0.15) is 37.7 Å². The number of rotatable bonds is 6. The first-order valence-corrected chi connectivity index (χ1v) is 8.83. The van der Waals surface area contributed by atoms with Crippen LogP contribution in [0, 0.1) is 5.92 Å². The summed E-state index contributed by atoms with van der Waals surface area (Å²) in [5.41, 5.74) is 1.05. The molecule has 1 unspecified atom stereocenters. The molecular weight excluding hydrogens is 355 g/mol. The first-order valence-electron chi connectivity index (χ1n) is 8.07. The molecule has 1 aromatic rings. The van der Waals surface area contributed by atoms with Gasteiger partial charge < -0.3 is 10.2 Å². The molecule has 0 aromatic heterocycles. The van der Waals surface area contributed by atoms with E-state index in [9.17, 15) is 4.79 Å². The van der Waals surface area contributed by atoms with E-state index in [2.05, 4.69) is 5.32 Å². The quantitative estimate of drug-likeness (QED) is 0.802. The summed E-state index contributed by atoms with van der Waals surface area (Å²) in [6, 6.07) is 6.05. The van der Waals surface area contributed by atoms with E-state index in [1.165, 1.54) is 6.42 Å². The van der Waals surface area contributed by atoms with Gasteiger partial charge in [-0.1, -0.05) is 29.3 Å². The third-order valence-corrected chi connectivity index (χ3v) is 5.31. The molecule has 0 bridgehead atoms. The zero-order valence-corrected chi connectivity index (χ0v) is 15.4. The van der Waals surface area contributed by atoms with Crippen molar-refractivity contribution in [2.75, 3.05) is 13.1 Å². The molecule has 1 amide bonds. The zero-order chi connectivity index (χ0) is 15.5. The summed E-state index contributed by atoms with van der Waals surface area (Å²) >= 11 is 12.0. The standard InChI is InChI=1S/C17H22Cl2N2O.ClH/c18-15-5-1-13(9-16(15)19)11-21(14-3-4-14)17(22)6-2-12-7-8-20-10-12;/h1,5,9,12,14,20H,2-4,6-8,10-11H2;1H. The van der Waals surface area contributed by atoms with Gasteiger partial charge in [0, 0.05) is 19.0 Å². The summed E-state index contributed by atoms with van der Waals surface area (Å²) in [6.07, 6.45) is 5.10. The lowest BCUT2D eigenvalue weighted by molar-refractivity contribution is -0.132. The fourth-order valence-electron chi connectivity index (χ4n) is 3.07. The van der Waals surface area contributed by atoms with Crippen LogP contribution in [-0.2, 0) is 11.3 Å². The van der Waals surface area contributed by atoms with Gasteiger partial charge in [-0.15, -0.1) is 12.4 Å². The maximum Gasteiger partial charge on any atom is 0.223 e. The molecule has 3 nitrogen and oxygen atoms in total. The van der Waals surface area contributed by atoms with Crippen LogP contribution in [0.3, 0.4) is 0 Å². The minimum Gasteiger partial charge on any atom is -0.335 e. The first kappa shape index (κ1) is 18.9. The van der Waals surface area contributed by atoms with Crippen LogP contribution >= 0.6 is 35.6 Å². The molecule has 2 aliphatic rings. The second kappa shape index (κ2) is 8.57. The van der Waals surface area contributed by atoms with E-state index in [-0.39, 0.29) is 18.3 Å². The molecule has 1 aromatic carbocycles. The van der Waals surface area contributed by atoms with Crippen molar-refractivity contribution in [3.63, 3.8) is 0 Å². The maximum absolute atomic E-state index is 12.6. The molecular formula is C17H23Cl3N2O. The monoisotopic (exact) mass is 376 g/mol. The molecule has 0 spiro atoms. The van der Waals surface area contributed by atoms with Crippen molar-refractivity contribution in [3.05, 3.63) is 33.8 Å². The Labute approximate surface area is 154 Å². The number of halogens is 3. The van der Waals surface area contributed by atoms with Crippen LogP contribution in [-0.4, -0.2) is 29.9 Å². The topological polar surface area (TPSA) is 32.3 Å². The van der Waals surface area contributed by atoms with Crippen molar-refractivity contribution >= 4 is 41.5 Å². The van der Waals surface area contributed by atoms with E-state index in [1.54, 1.807) is 6.07 Å². The third kappa shape index (κ3) is 5.25. The van der Waals surface area contributed by atoms with E-state index in [4.69, 9.17) is 23.2 Å². The van der Waals surface area contributed by atoms with Crippen molar-refractivity contribution in [2.24, 2.45) is 5.92 Å². The Morgan fingerprint density at radius 3 is 2.61 bits per heavy atom. The summed E-state index contributed by atoms with van der Waals surface area (Å²) in [5.74, 6) is 0.940. The minimum absolute atomic E-state index is 0. The van der Waals surface area contributed by atoms with Gasteiger partial charge in [0.25, 0.3) is 0 Å². The molecule has 1 N–H and O–H groups in total. The number of hydrogen-bond donors (Lipinski definition) is 1. The Bertz CT molecular complexity index is 543. The summed E-state index contributed by atoms with van der Waals surface area (Å²) in [4.78, 5) is 14.6. The lowest BCUT2D eigenvalue weighted by Crippen LogP contribution is -2.32. The summed E-state index contributed by atoms with van der Waals surface area (Å²) in [5, 5.41) is 4.47. The van der Waals surface area contributed by atoms with E-state index < -0.39 is 0 Å². The number of nitrogens with one attached hydrogen (secondary N) is 1. The van der Waals surface area contributed by atoms with Gasteiger partial charge in [0.05, 0.1) is 10.0 Å². The van der Waals surface area contributed by atoms with Crippen LogP contribution in [0.15, 0.2) is 18.2 Å². The second-order valence-corrected chi connectivity index (χ2v) is 7.21. The highest BCUT2D eigenvalue weighted by Gasteiger charge is 2.32. The van der Waals surface area contributed by atoms with Crippen LogP contribution in [0.2, 0.25) is 10.0 Å². The predicted molar refractivity (Wildman–Crippen MR) is 97.5 cm³/mol. The normalized spacial score (nSPS) is 20.2. The van der Waals surface area contributed by atoms with E-state index in [0.717, 1.165) is 37.9 Å². The molecule has 1 heterocycles. The molecule has 1 atom stereocenters. The highest BCUT2D eigenvalue weighted by Crippen LogP contribution is 2.31. The summed E-state index contributed by atoms with van der Waals surface area (Å²) in [6.45, 7) is 2.79. The SMILES string of the molecule is Cl.O=C(CCC1CCNC1)N(Cc1ccc(Cl)c(Cl)c1)C1CC1. The number of carbonyl (C=O) groups is 1. The Kier molecular flexibility index (Phi) is 7.02. The molecule has 2 fully saturated rings. The highest BCUT2D eigenvalue weighted by atomic mass is 35.5. The van der Waals surface area contributed by atoms with Crippen LogP contribution < -0.4 is 5.32 Å². The van der Waals surface area contributed by atoms with Gasteiger partial charge in [0.2, 0.25) is 5.91 Å². The molecule has 1 aliphatic heterocycles. The van der Waals surface area contributed by atoms with Gasteiger partial charge in [-0.05, 0) is 62.4 Å². The Morgan fingerprint density at radius 1 is 1.22 bits per heavy atom. The Hall–Kier alpha value is -0.480. The zero-order valence-electron chi connectivity index (χ0n) is 13.1. The second-order valence-electron chi connectivity index (χ2n) is 6.40. The van der Waals surface area contributed by atoms with Crippen molar-refractivity contribution < 1.29 is 4.79 Å². The number of amides is 1. The lowest BCUT2D eigenvalue weighted by Gasteiger charge is -2.23. The maximum atomic E-state index is 12.6. The molecule has 1 aliphatic carbocycles. The predicted octanol–water partition coefficient (Wildman–Crippen LogP) is 4.30. The van der Waals surface area contributed by atoms with Crippen LogP contribution in [0.25, 0.3) is 0 Å². The fraction of sp³-hybridized carbons (Fsp3) is 0.588. The average molecular weight is 378 g/mol. The summed E-state index contributed by atoms with van der Waals surface area (Å²) in [7, 11) is 0. The number of carbonyl (C=O) groups excluding carboxylic acids is 1. The highest BCUT2D eigenvalue weighted by molar-refractivity contribution is 6.42. The molecule has 0 radical (unpaired) electrons. The van der Waals surface area contributed by atoms with Crippen LogP contribution in [0.5, 0.6) is 0 Å². The van der Waals surface area contributed by atoms with E-state index >= 15 is 0 Å². The lowest BCUT2D eigenvalue weighted by atomic mass is 10.0. The van der Waals surface area contributed by atoms with Crippen molar-refractivity contribution in [1.29, 1.82) is 0 Å². The number of nitrogens with zero attached hydrogens (tertiary/aromatic N) is 1.